The van der Waals surface area contributed by atoms with Gasteiger partial charge in [0.15, 0.2) is 0 Å². The Morgan fingerprint density at radius 2 is 2.19 bits per heavy atom. The maximum atomic E-state index is 13.3. The number of piperazine rings is 1. The molecule has 1 atom stereocenters. The summed E-state index contributed by atoms with van der Waals surface area (Å²) in [7, 11) is 0. The molecule has 6 heteroatoms. The molecule has 2 rings (SSSR count). The van der Waals surface area contributed by atoms with Gasteiger partial charge in [0, 0.05) is 25.3 Å². The Labute approximate surface area is 123 Å². The zero-order chi connectivity index (χ0) is 15.4. The maximum Gasteiger partial charge on any atom is 0.318 e. The van der Waals surface area contributed by atoms with Crippen molar-refractivity contribution in [2.24, 2.45) is 0 Å². The highest BCUT2D eigenvalue weighted by Gasteiger charge is 2.34. The first-order valence-electron chi connectivity index (χ1n) is 7.16. The molecule has 5 nitrogen and oxygen atoms in total. The quantitative estimate of drug-likeness (QED) is 0.926. The summed E-state index contributed by atoms with van der Waals surface area (Å²) in [6, 6.07) is 5.16. The molecule has 0 aromatic heterocycles. The van der Waals surface area contributed by atoms with E-state index in [1.165, 1.54) is 21.9 Å². The number of rotatable bonds is 3. The van der Waals surface area contributed by atoms with Crippen molar-refractivity contribution in [2.45, 2.75) is 26.3 Å². The highest BCUT2D eigenvalue weighted by atomic mass is 19.1. The van der Waals surface area contributed by atoms with Gasteiger partial charge < -0.3 is 15.1 Å². The van der Waals surface area contributed by atoms with Crippen molar-refractivity contribution in [1.29, 1.82) is 0 Å². The van der Waals surface area contributed by atoms with Crippen LogP contribution in [0.5, 0.6) is 0 Å². The van der Waals surface area contributed by atoms with Crippen molar-refractivity contribution in [3.8, 4) is 0 Å². The van der Waals surface area contributed by atoms with Crippen molar-refractivity contribution in [2.75, 3.05) is 24.5 Å². The van der Waals surface area contributed by atoms with Crippen LogP contribution in [0.2, 0.25) is 0 Å². The zero-order valence-electron chi connectivity index (χ0n) is 12.3. The van der Waals surface area contributed by atoms with E-state index in [1.807, 2.05) is 6.92 Å². The van der Waals surface area contributed by atoms with Crippen LogP contribution in [0.25, 0.3) is 0 Å². The highest BCUT2D eigenvalue weighted by molar-refractivity contribution is 5.99. The Kier molecular flexibility index (Phi) is 4.77. The van der Waals surface area contributed by atoms with Gasteiger partial charge in [-0.05, 0) is 31.5 Å². The number of hydrogen-bond acceptors (Lipinski definition) is 2. The Balaban J connectivity index is 2.09. The van der Waals surface area contributed by atoms with E-state index in [0.29, 0.717) is 25.3 Å². The van der Waals surface area contributed by atoms with Crippen LogP contribution >= 0.6 is 0 Å². The van der Waals surface area contributed by atoms with Gasteiger partial charge in [0.2, 0.25) is 5.91 Å². The SMILES string of the molecule is CCCNC(=O)N1CCN(c2cccc(F)c2)C(=O)C1C. The smallest absolute Gasteiger partial charge is 0.318 e. The van der Waals surface area contributed by atoms with Gasteiger partial charge in [-0.3, -0.25) is 4.79 Å². The van der Waals surface area contributed by atoms with E-state index in [2.05, 4.69) is 5.32 Å². The molecule has 21 heavy (non-hydrogen) atoms. The molecule has 0 bridgehead atoms. The molecule has 1 unspecified atom stereocenters. The molecule has 0 radical (unpaired) electrons. The molecule has 3 amide bonds. The van der Waals surface area contributed by atoms with Crippen LogP contribution < -0.4 is 10.2 Å². The van der Waals surface area contributed by atoms with E-state index >= 15 is 0 Å². The summed E-state index contributed by atoms with van der Waals surface area (Å²) >= 11 is 0. The minimum absolute atomic E-state index is 0.196. The molecule has 1 heterocycles. The number of anilines is 1. The summed E-state index contributed by atoms with van der Waals surface area (Å²) in [5.74, 6) is -0.574. The third kappa shape index (κ3) is 3.32. The first-order chi connectivity index (χ1) is 10.0. The number of carbonyl (C=O) groups is 2. The largest absolute Gasteiger partial charge is 0.338 e. The monoisotopic (exact) mass is 293 g/mol. The molecule has 0 aliphatic carbocycles. The third-order valence-electron chi connectivity index (χ3n) is 3.56. The molecular formula is C15H20FN3O2. The number of hydrogen-bond donors (Lipinski definition) is 1. The van der Waals surface area contributed by atoms with Crippen LogP contribution in [0, 0.1) is 5.82 Å². The summed E-state index contributed by atoms with van der Waals surface area (Å²) in [5, 5.41) is 2.77. The van der Waals surface area contributed by atoms with Crippen LogP contribution in [0.4, 0.5) is 14.9 Å². The first kappa shape index (κ1) is 15.3. The molecule has 114 valence electrons. The molecule has 1 aliphatic heterocycles. The fourth-order valence-corrected chi connectivity index (χ4v) is 2.38. The van der Waals surface area contributed by atoms with E-state index in [0.717, 1.165) is 6.42 Å². The molecule has 0 spiro atoms. The van der Waals surface area contributed by atoms with Crippen LogP contribution in [0.15, 0.2) is 24.3 Å². The standard InChI is InChI=1S/C15H20FN3O2/c1-3-7-17-15(21)18-8-9-19(14(20)11(18)2)13-6-4-5-12(16)10-13/h4-6,10-11H,3,7-9H2,1-2H3,(H,17,21). The third-order valence-corrected chi connectivity index (χ3v) is 3.56. The zero-order valence-corrected chi connectivity index (χ0v) is 12.3. The number of nitrogens with zero attached hydrogens (tertiary/aromatic N) is 2. The van der Waals surface area contributed by atoms with Crippen LogP contribution in [-0.2, 0) is 4.79 Å². The van der Waals surface area contributed by atoms with E-state index in [4.69, 9.17) is 0 Å². The Morgan fingerprint density at radius 3 is 2.86 bits per heavy atom. The van der Waals surface area contributed by atoms with Crippen LogP contribution in [0.3, 0.4) is 0 Å². The lowest BCUT2D eigenvalue weighted by Crippen LogP contribution is -2.59. The van der Waals surface area contributed by atoms with Gasteiger partial charge in [-0.2, -0.15) is 0 Å². The van der Waals surface area contributed by atoms with Gasteiger partial charge in [-0.1, -0.05) is 13.0 Å². The van der Waals surface area contributed by atoms with Gasteiger partial charge >= 0.3 is 6.03 Å². The highest BCUT2D eigenvalue weighted by Crippen LogP contribution is 2.21. The summed E-state index contributed by atoms with van der Waals surface area (Å²) in [4.78, 5) is 27.4. The predicted octanol–water partition coefficient (Wildman–Crippen LogP) is 1.98. The first-order valence-corrected chi connectivity index (χ1v) is 7.16. The van der Waals surface area contributed by atoms with Crippen molar-refractivity contribution < 1.29 is 14.0 Å². The van der Waals surface area contributed by atoms with Gasteiger partial charge in [-0.25, -0.2) is 9.18 Å². The molecule has 1 aromatic rings. The molecule has 1 fully saturated rings. The number of urea groups is 1. The average Bonchev–Trinajstić information content (AvgIpc) is 2.47. The second kappa shape index (κ2) is 6.56. The molecule has 0 saturated carbocycles. The second-order valence-electron chi connectivity index (χ2n) is 5.07. The number of nitrogens with one attached hydrogen (secondary N) is 1. The fraction of sp³-hybridized carbons (Fsp3) is 0.467. The van der Waals surface area contributed by atoms with Crippen molar-refractivity contribution in [3.63, 3.8) is 0 Å². The maximum absolute atomic E-state index is 13.3. The average molecular weight is 293 g/mol. The summed E-state index contributed by atoms with van der Waals surface area (Å²) < 4.78 is 13.3. The number of halogens is 1. The lowest BCUT2D eigenvalue weighted by molar-refractivity contribution is -0.124. The molecule has 1 saturated heterocycles. The topological polar surface area (TPSA) is 52.7 Å². The van der Waals surface area contributed by atoms with E-state index < -0.39 is 6.04 Å². The predicted molar refractivity (Wildman–Crippen MR) is 78.6 cm³/mol. The number of benzene rings is 1. The van der Waals surface area contributed by atoms with Gasteiger partial charge in [0.1, 0.15) is 11.9 Å². The lowest BCUT2D eigenvalue weighted by Gasteiger charge is -2.39. The van der Waals surface area contributed by atoms with Crippen molar-refractivity contribution in [3.05, 3.63) is 30.1 Å². The molecule has 1 N–H and O–H groups in total. The summed E-state index contributed by atoms with van der Waals surface area (Å²) in [6.45, 7) is 5.05. The lowest BCUT2D eigenvalue weighted by atomic mass is 10.1. The van der Waals surface area contributed by atoms with Crippen LogP contribution in [0.1, 0.15) is 20.3 Å². The number of amides is 3. The Hall–Kier alpha value is -2.11. The summed E-state index contributed by atoms with van der Waals surface area (Å²) in [6.07, 6.45) is 0.845. The second-order valence-corrected chi connectivity index (χ2v) is 5.07. The van der Waals surface area contributed by atoms with Gasteiger partial charge in [0.05, 0.1) is 0 Å². The Bertz CT molecular complexity index is 535. The molecular weight excluding hydrogens is 273 g/mol. The van der Waals surface area contributed by atoms with Crippen molar-refractivity contribution in [1.82, 2.24) is 10.2 Å². The number of carbonyl (C=O) groups excluding carboxylic acids is 2. The van der Waals surface area contributed by atoms with Crippen LogP contribution in [-0.4, -0.2) is 42.5 Å². The summed E-state index contributed by atoms with van der Waals surface area (Å²) in [5.41, 5.74) is 0.528. The normalized spacial score (nSPS) is 18.8. The minimum atomic E-state index is -0.557. The minimum Gasteiger partial charge on any atom is -0.338 e. The van der Waals surface area contributed by atoms with E-state index in [1.54, 1.807) is 19.1 Å². The van der Waals surface area contributed by atoms with Gasteiger partial charge in [0.25, 0.3) is 0 Å². The Morgan fingerprint density at radius 1 is 1.43 bits per heavy atom. The fourth-order valence-electron chi connectivity index (χ4n) is 2.38. The van der Waals surface area contributed by atoms with Gasteiger partial charge in [-0.15, -0.1) is 0 Å². The van der Waals surface area contributed by atoms with E-state index in [9.17, 15) is 14.0 Å². The molecule has 1 aliphatic rings. The van der Waals surface area contributed by atoms with Crippen molar-refractivity contribution >= 4 is 17.6 Å². The molecule has 1 aromatic carbocycles. The van der Waals surface area contributed by atoms with E-state index in [-0.39, 0.29) is 17.8 Å².